The minimum absolute atomic E-state index is 1.07. The molecule has 4 heteroatoms. The van der Waals surface area contributed by atoms with Crippen LogP contribution >= 0.6 is 11.3 Å². The van der Waals surface area contributed by atoms with Crippen LogP contribution in [0.15, 0.2) is 11.7 Å². The smallest absolute Gasteiger partial charge is 0.0877 e. The van der Waals surface area contributed by atoms with Gasteiger partial charge >= 0.3 is 0 Å². The van der Waals surface area contributed by atoms with E-state index >= 15 is 0 Å². The van der Waals surface area contributed by atoms with Crippen LogP contribution in [0.3, 0.4) is 0 Å². The SMILES string of the molecule is c1nc2c(s1)CCc1[nH]ncc1-2. The summed E-state index contributed by atoms with van der Waals surface area (Å²) in [5, 5.41) is 7.02. The number of hydrogen-bond donors (Lipinski definition) is 1. The third kappa shape index (κ3) is 0.701. The Morgan fingerprint density at radius 3 is 3.42 bits per heavy atom. The van der Waals surface area contributed by atoms with E-state index < -0.39 is 0 Å². The molecule has 3 rings (SSSR count). The first-order chi connectivity index (χ1) is 5.95. The zero-order valence-electron chi connectivity index (χ0n) is 6.37. The summed E-state index contributed by atoms with van der Waals surface area (Å²) in [5.74, 6) is 0. The molecule has 1 N–H and O–H groups in total. The number of aromatic amines is 1. The van der Waals surface area contributed by atoms with E-state index in [9.17, 15) is 0 Å². The molecule has 0 saturated heterocycles. The molecule has 2 aromatic heterocycles. The molecule has 0 amide bonds. The highest BCUT2D eigenvalue weighted by Crippen LogP contribution is 2.32. The van der Waals surface area contributed by atoms with Crippen molar-refractivity contribution in [3.63, 3.8) is 0 Å². The molecular weight excluding hydrogens is 170 g/mol. The van der Waals surface area contributed by atoms with E-state index in [0.29, 0.717) is 0 Å². The Labute approximate surface area is 73.5 Å². The van der Waals surface area contributed by atoms with Gasteiger partial charge < -0.3 is 0 Å². The lowest BCUT2D eigenvalue weighted by Crippen LogP contribution is -2.00. The summed E-state index contributed by atoms with van der Waals surface area (Å²) in [4.78, 5) is 5.72. The van der Waals surface area contributed by atoms with E-state index in [1.54, 1.807) is 11.3 Å². The fourth-order valence-corrected chi connectivity index (χ4v) is 2.39. The van der Waals surface area contributed by atoms with Crippen LogP contribution in [0.2, 0.25) is 0 Å². The van der Waals surface area contributed by atoms with Crippen molar-refractivity contribution in [1.29, 1.82) is 0 Å². The molecule has 3 nitrogen and oxygen atoms in total. The summed E-state index contributed by atoms with van der Waals surface area (Å²) >= 11 is 1.74. The Hall–Kier alpha value is -1.16. The predicted octanol–water partition coefficient (Wildman–Crippen LogP) is 1.63. The molecule has 0 aliphatic heterocycles. The normalized spacial score (nSPS) is 14.0. The lowest BCUT2D eigenvalue weighted by molar-refractivity contribution is 0.890. The minimum atomic E-state index is 1.07. The van der Waals surface area contributed by atoms with Gasteiger partial charge in [0.05, 0.1) is 17.4 Å². The standard InChI is InChI=1S/C8H7N3S/c1-2-7-8(9-4-12-7)5-3-10-11-6(1)5/h3-4H,1-2H2,(H,10,11). The predicted molar refractivity (Wildman–Crippen MR) is 47.1 cm³/mol. The number of H-pyrrole nitrogens is 1. The quantitative estimate of drug-likeness (QED) is 0.664. The Kier molecular flexibility index (Phi) is 1.15. The maximum Gasteiger partial charge on any atom is 0.0877 e. The lowest BCUT2D eigenvalue weighted by Gasteiger charge is -2.08. The molecule has 0 bridgehead atoms. The van der Waals surface area contributed by atoms with Gasteiger partial charge in [0.2, 0.25) is 0 Å². The summed E-state index contributed by atoms with van der Waals surface area (Å²) in [6, 6.07) is 0. The summed E-state index contributed by atoms with van der Waals surface area (Å²) in [5.41, 5.74) is 5.47. The highest BCUT2D eigenvalue weighted by Gasteiger charge is 2.19. The zero-order valence-corrected chi connectivity index (χ0v) is 7.19. The average molecular weight is 177 g/mol. The van der Waals surface area contributed by atoms with Gasteiger partial charge in [-0.1, -0.05) is 0 Å². The van der Waals surface area contributed by atoms with E-state index in [0.717, 1.165) is 18.5 Å². The van der Waals surface area contributed by atoms with Gasteiger partial charge in [-0.2, -0.15) is 5.10 Å². The van der Waals surface area contributed by atoms with Crippen molar-refractivity contribution in [2.75, 3.05) is 0 Å². The average Bonchev–Trinajstić information content (AvgIpc) is 2.71. The van der Waals surface area contributed by atoms with Gasteiger partial charge in [-0.3, -0.25) is 5.10 Å². The van der Waals surface area contributed by atoms with Crippen LogP contribution in [-0.4, -0.2) is 15.2 Å². The molecular formula is C8H7N3S. The zero-order chi connectivity index (χ0) is 7.97. The lowest BCUT2D eigenvalue weighted by atomic mass is 10.0. The molecule has 2 heterocycles. The molecule has 0 saturated carbocycles. The third-order valence-corrected chi connectivity index (χ3v) is 3.11. The second-order valence-corrected chi connectivity index (χ2v) is 3.83. The van der Waals surface area contributed by atoms with Crippen LogP contribution < -0.4 is 0 Å². The topological polar surface area (TPSA) is 41.6 Å². The molecule has 0 fully saturated rings. The van der Waals surface area contributed by atoms with Gasteiger partial charge in [0, 0.05) is 16.1 Å². The number of rotatable bonds is 0. The van der Waals surface area contributed by atoms with Crippen molar-refractivity contribution in [3.8, 4) is 11.3 Å². The van der Waals surface area contributed by atoms with Crippen LogP contribution in [0, 0.1) is 0 Å². The van der Waals surface area contributed by atoms with Crippen LogP contribution in [0.4, 0.5) is 0 Å². The summed E-state index contributed by atoms with van der Waals surface area (Å²) in [7, 11) is 0. The summed E-state index contributed by atoms with van der Waals surface area (Å²) in [6.45, 7) is 0. The van der Waals surface area contributed by atoms with Gasteiger partial charge in [-0.25, -0.2) is 4.98 Å². The van der Waals surface area contributed by atoms with Gasteiger partial charge in [-0.15, -0.1) is 11.3 Å². The largest absolute Gasteiger partial charge is 0.282 e. The molecule has 60 valence electrons. The Morgan fingerprint density at radius 1 is 1.42 bits per heavy atom. The van der Waals surface area contributed by atoms with Crippen LogP contribution in [0.1, 0.15) is 10.6 Å². The number of hydrogen-bond acceptors (Lipinski definition) is 3. The second-order valence-electron chi connectivity index (χ2n) is 2.89. The Bertz CT molecular complexity index is 375. The number of aromatic nitrogens is 3. The van der Waals surface area contributed by atoms with Crippen LogP contribution in [0.25, 0.3) is 11.3 Å². The molecule has 1 aliphatic rings. The Balaban J connectivity index is 2.32. The molecule has 0 unspecified atom stereocenters. The first-order valence-corrected chi connectivity index (χ1v) is 4.78. The number of nitrogens with one attached hydrogen (secondary N) is 1. The van der Waals surface area contributed by atoms with Crippen molar-refractivity contribution in [1.82, 2.24) is 15.2 Å². The molecule has 1 aliphatic carbocycles. The van der Waals surface area contributed by atoms with Crippen molar-refractivity contribution >= 4 is 11.3 Å². The monoisotopic (exact) mass is 177 g/mol. The van der Waals surface area contributed by atoms with E-state index in [1.807, 2.05) is 11.7 Å². The molecule has 2 aromatic rings. The van der Waals surface area contributed by atoms with Crippen LogP contribution in [-0.2, 0) is 12.8 Å². The summed E-state index contributed by atoms with van der Waals surface area (Å²) in [6.07, 6.45) is 4.05. The highest BCUT2D eigenvalue weighted by molar-refractivity contribution is 7.10. The molecule has 0 atom stereocenters. The van der Waals surface area contributed by atoms with Crippen molar-refractivity contribution < 1.29 is 0 Å². The van der Waals surface area contributed by atoms with Gasteiger partial charge in [0.1, 0.15) is 0 Å². The van der Waals surface area contributed by atoms with Gasteiger partial charge in [0.25, 0.3) is 0 Å². The minimum Gasteiger partial charge on any atom is -0.282 e. The highest BCUT2D eigenvalue weighted by atomic mass is 32.1. The summed E-state index contributed by atoms with van der Waals surface area (Å²) < 4.78 is 0. The maximum absolute atomic E-state index is 4.33. The molecule has 0 radical (unpaired) electrons. The van der Waals surface area contributed by atoms with Crippen molar-refractivity contribution in [2.24, 2.45) is 0 Å². The van der Waals surface area contributed by atoms with Gasteiger partial charge in [-0.05, 0) is 12.8 Å². The molecule has 12 heavy (non-hydrogen) atoms. The van der Waals surface area contributed by atoms with Gasteiger partial charge in [0.15, 0.2) is 0 Å². The number of aryl methyl sites for hydroxylation is 2. The molecule has 0 aromatic carbocycles. The van der Waals surface area contributed by atoms with E-state index in [-0.39, 0.29) is 0 Å². The number of nitrogens with zero attached hydrogens (tertiary/aromatic N) is 2. The Morgan fingerprint density at radius 2 is 2.42 bits per heavy atom. The molecule has 0 spiro atoms. The van der Waals surface area contributed by atoms with E-state index in [2.05, 4.69) is 15.2 Å². The maximum atomic E-state index is 4.33. The fraction of sp³-hybridized carbons (Fsp3) is 0.250. The van der Waals surface area contributed by atoms with E-state index in [1.165, 1.54) is 16.1 Å². The number of thiazole rings is 1. The van der Waals surface area contributed by atoms with Crippen molar-refractivity contribution in [3.05, 3.63) is 22.3 Å². The third-order valence-electron chi connectivity index (χ3n) is 2.22. The number of fused-ring (bicyclic) bond motifs is 3. The van der Waals surface area contributed by atoms with Crippen LogP contribution in [0.5, 0.6) is 0 Å². The van der Waals surface area contributed by atoms with Crippen molar-refractivity contribution in [2.45, 2.75) is 12.8 Å². The van der Waals surface area contributed by atoms with E-state index in [4.69, 9.17) is 0 Å². The fourth-order valence-electron chi connectivity index (χ4n) is 1.61. The first kappa shape index (κ1) is 6.37. The second kappa shape index (κ2) is 2.17. The first-order valence-electron chi connectivity index (χ1n) is 3.90.